The molecule has 11 heteroatoms. The van der Waals surface area contributed by atoms with E-state index in [1.807, 2.05) is 42.6 Å². The lowest BCUT2D eigenvalue weighted by atomic mass is 9.81. The molecule has 0 bridgehead atoms. The van der Waals surface area contributed by atoms with Gasteiger partial charge in [-0.05, 0) is 73.9 Å². The highest BCUT2D eigenvalue weighted by atomic mass is 19.1. The summed E-state index contributed by atoms with van der Waals surface area (Å²) >= 11 is 0. The predicted octanol–water partition coefficient (Wildman–Crippen LogP) is 5.41. The number of nitriles is 1. The fourth-order valence-corrected chi connectivity index (χ4v) is 6.58. The first-order valence-corrected chi connectivity index (χ1v) is 15.7. The Hall–Kier alpha value is -5.34. The Bertz CT molecular complexity index is 2000. The number of hydrogen-bond donors (Lipinski definition) is 0. The number of nitrogens with zero attached hydrogens (tertiary/aromatic N) is 7. The molecule has 1 saturated heterocycles. The first-order chi connectivity index (χ1) is 22.9. The van der Waals surface area contributed by atoms with Gasteiger partial charge in [-0.1, -0.05) is 12.1 Å². The van der Waals surface area contributed by atoms with Gasteiger partial charge in [0.15, 0.2) is 0 Å². The number of pyridine rings is 2. The van der Waals surface area contributed by atoms with Gasteiger partial charge < -0.3 is 18.9 Å². The smallest absolute Gasteiger partial charge is 0.337 e. The second-order valence-electron chi connectivity index (χ2n) is 12.1. The molecule has 0 spiro atoms. The fraction of sp³-hybridized carbons (Fsp3) is 0.306. The van der Waals surface area contributed by atoms with Crippen LogP contribution >= 0.6 is 0 Å². The lowest BCUT2D eigenvalue weighted by Crippen LogP contribution is -2.64. The zero-order valence-electron chi connectivity index (χ0n) is 26.3. The van der Waals surface area contributed by atoms with Crippen LogP contribution in [0.4, 0.5) is 10.2 Å². The maximum absolute atomic E-state index is 14.4. The van der Waals surface area contributed by atoms with Crippen molar-refractivity contribution in [3.63, 3.8) is 0 Å². The van der Waals surface area contributed by atoms with Crippen molar-refractivity contribution in [1.82, 2.24) is 24.4 Å². The number of rotatable bonds is 9. The molecule has 1 saturated carbocycles. The molecule has 47 heavy (non-hydrogen) atoms. The zero-order valence-corrected chi connectivity index (χ0v) is 26.3. The number of anilines is 1. The average molecular weight is 632 g/mol. The van der Waals surface area contributed by atoms with Crippen molar-refractivity contribution in [1.29, 1.82) is 5.26 Å². The minimum atomic E-state index is -0.471. The third-order valence-electron chi connectivity index (χ3n) is 9.15. The maximum Gasteiger partial charge on any atom is 0.337 e. The van der Waals surface area contributed by atoms with Gasteiger partial charge in [0.1, 0.15) is 24.1 Å². The molecule has 1 aliphatic carbocycles. The van der Waals surface area contributed by atoms with Gasteiger partial charge in [-0.3, -0.25) is 9.88 Å². The molecule has 5 aromatic rings. The first kappa shape index (κ1) is 30.3. The Morgan fingerprint density at radius 2 is 1.89 bits per heavy atom. The van der Waals surface area contributed by atoms with E-state index >= 15 is 0 Å². The van der Waals surface area contributed by atoms with Gasteiger partial charge in [0, 0.05) is 43.0 Å². The summed E-state index contributed by atoms with van der Waals surface area (Å²) in [6, 6.07) is 22.2. The molecule has 0 radical (unpaired) electrons. The number of piperazine rings is 1. The van der Waals surface area contributed by atoms with Gasteiger partial charge in [-0.2, -0.15) is 10.2 Å². The largest absolute Gasteiger partial charge is 0.473 e. The number of fused-ring (bicyclic) bond motifs is 2. The average Bonchev–Trinajstić information content (AvgIpc) is 3.40. The number of imidazole rings is 1. The number of benzene rings is 2. The highest BCUT2D eigenvalue weighted by Gasteiger charge is 2.43. The molecular weight excluding hydrogens is 597 g/mol. The third-order valence-corrected chi connectivity index (χ3v) is 9.15. The molecule has 3 aromatic heterocycles. The van der Waals surface area contributed by atoms with Crippen LogP contribution in [0.3, 0.4) is 0 Å². The quantitative estimate of drug-likeness (QED) is 0.197. The molecule has 0 amide bonds. The van der Waals surface area contributed by atoms with E-state index in [1.54, 1.807) is 24.3 Å². The normalized spacial score (nSPS) is 17.5. The first-order valence-electron chi connectivity index (χ1n) is 15.7. The Morgan fingerprint density at radius 1 is 1.02 bits per heavy atom. The van der Waals surface area contributed by atoms with Gasteiger partial charge in [0.2, 0.25) is 5.88 Å². The van der Waals surface area contributed by atoms with Crippen LogP contribution in [0.15, 0.2) is 72.9 Å². The second kappa shape index (κ2) is 12.8. The van der Waals surface area contributed by atoms with Gasteiger partial charge in [0.25, 0.3) is 0 Å². The van der Waals surface area contributed by atoms with Crippen LogP contribution in [0.5, 0.6) is 5.88 Å². The predicted molar refractivity (Wildman–Crippen MR) is 173 cm³/mol. The van der Waals surface area contributed by atoms with Crippen molar-refractivity contribution in [2.24, 2.45) is 0 Å². The zero-order chi connectivity index (χ0) is 32.5. The Balaban J connectivity index is 1.09. The van der Waals surface area contributed by atoms with Crippen LogP contribution in [-0.4, -0.2) is 62.7 Å². The monoisotopic (exact) mass is 631 g/mol. The van der Waals surface area contributed by atoms with E-state index < -0.39 is 5.82 Å². The fourth-order valence-electron chi connectivity index (χ4n) is 6.58. The van der Waals surface area contributed by atoms with Crippen molar-refractivity contribution < 1.29 is 18.7 Å². The van der Waals surface area contributed by atoms with Crippen LogP contribution in [0, 0.1) is 24.1 Å². The number of aryl methyl sites for hydroxylation is 1. The van der Waals surface area contributed by atoms with E-state index in [1.165, 1.54) is 13.2 Å². The molecule has 2 aliphatic rings. The summed E-state index contributed by atoms with van der Waals surface area (Å²) in [6.07, 6.45) is 3.94. The summed E-state index contributed by atoms with van der Waals surface area (Å²) in [5.41, 5.74) is 4.88. The van der Waals surface area contributed by atoms with Gasteiger partial charge in [-0.25, -0.2) is 14.2 Å². The van der Waals surface area contributed by atoms with Crippen LogP contribution in [0.25, 0.3) is 11.0 Å². The summed E-state index contributed by atoms with van der Waals surface area (Å²) in [7, 11) is 1.39. The molecule has 2 atom stereocenters. The molecule has 0 unspecified atom stereocenters. The molecular formula is C36H34FN7O3. The number of halogens is 1. The molecule has 2 aromatic carbocycles. The van der Waals surface area contributed by atoms with E-state index in [9.17, 15) is 9.18 Å². The Labute approximate surface area is 272 Å². The highest BCUT2D eigenvalue weighted by Crippen LogP contribution is 2.37. The molecule has 10 nitrogen and oxygen atoms in total. The van der Waals surface area contributed by atoms with Crippen LogP contribution < -0.4 is 9.64 Å². The van der Waals surface area contributed by atoms with E-state index in [0.717, 1.165) is 59.9 Å². The van der Waals surface area contributed by atoms with Crippen LogP contribution in [-0.2, 0) is 24.4 Å². The van der Waals surface area contributed by atoms with E-state index in [2.05, 4.69) is 32.3 Å². The number of carbonyl (C=O) groups is 1. The summed E-state index contributed by atoms with van der Waals surface area (Å²) in [5.74, 6) is 1.33. The second-order valence-corrected chi connectivity index (χ2v) is 12.1. The molecule has 4 heterocycles. The topological polar surface area (TPSA) is 109 Å². The Morgan fingerprint density at radius 3 is 2.66 bits per heavy atom. The number of ether oxygens (including phenoxy) is 2. The van der Waals surface area contributed by atoms with Crippen LogP contribution in [0.2, 0.25) is 0 Å². The maximum atomic E-state index is 14.4. The third kappa shape index (κ3) is 6.12. The number of hydrogen-bond acceptors (Lipinski definition) is 9. The lowest BCUT2D eigenvalue weighted by molar-refractivity contribution is 0.0600. The van der Waals surface area contributed by atoms with Gasteiger partial charge in [0.05, 0.1) is 54.1 Å². The molecule has 2 fully saturated rings. The van der Waals surface area contributed by atoms with Crippen molar-refractivity contribution in [2.45, 2.75) is 51.5 Å². The van der Waals surface area contributed by atoms with Gasteiger partial charge >= 0.3 is 5.97 Å². The van der Waals surface area contributed by atoms with E-state index in [4.69, 9.17) is 24.7 Å². The highest BCUT2D eigenvalue weighted by molar-refractivity contribution is 5.93. The van der Waals surface area contributed by atoms with E-state index in [0.29, 0.717) is 42.2 Å². The molecule has 7 rings (SSSR count). The summed E-state index contributed by atoms with van der Waals surface area (Å²) < 4.78 is 27.4. The summed E-state index contributed by atoms with van der Waals surface area (Å²) in [6.45, 7) is 4.88. The standard InChI is InChI=1S/C36H34FN7O3/c1-23-12-13-39-27(16-23)20-44-32-18-25(36(45)46-2)8-9-29(32)40-34(44)21-42-14-15-43(31-11-10-30(31)42)33-4-3-5-35(41-33)47-22-26-7-6-24(19-38)17-28(26)37/h3-9,12-13,16-18,30-31H,10-11,14-15,20-22H2,1-2H3/t30-,31+/m1/s1. The van der Waals surface area contributed by atoms with Crippen molar-refractivity contribution in [2.75, 3.05) is 25.1 Å². The SMILES string of the molecule is COC(=O)c1ccc2nc(CN3CCN(c4cccc(OCc5ccc(C#N)cc5F)n4)[C@H]4CC[C@H]43)n(Cc3cc(C)ccn3)c2c1. The number of carbonyl (C=O) groups excluding carboxylic acids is 1. The van der Waals surface area contributed by atoms with Gasteiger partial charge in [-0.15, -0.1) is 0 Å². The number of aromatic nitrogens is 4. The summed E-state index contributed by atoms with van der Waals surface area (Å²) in [4.78, 5) is 31.6. The molecule has 238 valence electrons. The van der Waals surface area contributed by atoms with Crippen molar-refractivity contribution in [3.8, 4) is 11.9 Å². The number of methoxy groups -OCH3 is 1. The van der Waals surface area contributed by atoms with Crippen LogP contribution in [0.1, 0.15) is 51.4 Å². The Kier molecular flexibility index (Phi) is 8.26. The minimum Gasteiger partial charge on any atom is -0.473 e. The minimum absolute atomic E-state index is 0.0218. The van der Waals surface area contributed by atoms with Crippen molar-refractivity contribution >= 4 is 22.8 Å². The summed E-state index contributed by atoms with van der Waals surface area (Å²) in [5, 5.41) is 9.00. The molecule has 0 N–H and O–H groups in total. The van der Waals surface area contributed by atoms with Crippen molar-refractivity contribution in [3.05, 3.63) is 113 Å². The van der Waals surface area contributed by atoms with E-state index in [-0.39, 0.29) is 18.1 Å². The number of esters is 1. The molecule has 1 aliphatic heterocycles. The lowest BCUT2D eigenvalue weighted by Gasteiger charge is -2.54.